The summed E-state index contributed by atoms with van der Waals surface area (Å²) in [5.41, 5.74) is 4.17. The molecule has 0 spiro atoms. The summed E-state index contributed by atoms with van der Waals surface area (Å²) in [5, 5.41) is 13.0. The van der Waals surface area contributed by atoms with Gasteiger partial charge in [-0.15, -0.1) is 22.7 Å². The van der Waals surface area contributed by atoms with Crippen LogP contribution >= 0.6 is 22.7 Å². The van der Waals surface area contributed by atoms with Gasteiger partial charge in [-0.05, 0) is 64.4 Å². The van der Waals surface area contributed by atoms with Gasteiger partial charge in [-0.2, -0.15) is 0 Å². The van der Waals surface area contributed by atoms with Crippen molar-refractivity contribution in [1.82, 2.24) is 5.32 Å². The molecule has 2 rings (SSSR count). The molecule has 0 aliphatic carbocycles. The van der Waals surface area contributed by atoms with E-state index < -0.39 is 17.6 Å². The second-order valence-electron chi connectivity index (χ2n) is 6.22. The molecule has 0 fully saturated rings. The zero-order valence-electron chi connectivity index (χ0n) is 13.8. The Morgan fingerprint density at radius 1 is 1.26 bits per heavy atom. The first-order chi connectivity index (χ1) is 10.8. The fraction of sp³-hybridized carbons (Fsp3) is 0.471. The third kappa shape index (κ3) is 5.14. The summed E-state index contributed by atoms with van der Waals surface area (Å²) < 4.78 is 0. The van der Waals surface area contributed by atoms with E-state index in [1.807, 2.05) is 22.7 Å². The lowest BCUT2D eigenvalue weighted by Crippen LogP contribution is -2.55. The van der Waals surface area contributed by atoms with Crippen LogP contribution in [0, 0.1) is 6.92 Å². The summed E-state index contributed by atoms with van der Waals surface area (Å²) in [7, 11) is 0. The maximum Gasteiger partial charge on any atom is 0.237 e. The van der Waals surface area contributed by atoms with Crippen LogP contribution in [0.5, 0.6) is 0 Å². The molecule has 2 heterocycles. The number of primary amides is 1. The number of aryl methyl sites for hydroxylation is 2. The van der Waals surface area contributed by atoms with Crippen LogP contribution in [0.3, 0.4) is 0 Å². The maximum absolute atomic E-state index is 11.4. The van der Waals surface area contributed by atoms with Crippen molar-refractivity contribution in [2.45, 2.75) is 45.3 Å². The molecule has 4 N–H and O–H groups in total. The number of hydrogen-bond donors (Lipinski definition) is 3. The molecule has 0 radical (unpaired) electrons. The Kier molecular flexibility index (Phi) is 5.97. The molecule has 0 saturated carbocycles. The molecule has 0 aliphatic heterocycles. The first-order valence-electron chi connectivity index (χ1n) is 7.68. The van der Waals surface area contributed by atoms with Gasteiger partial charge in [-0.3, -0.25) is 4.79 Å². The molecule has 0 bridgehead atoms. The Morgan fingerprint density at radius 2 is 1.91 bits per heavy atom. The summed E-state index contributed by atoms with van der Waals surface area (Å²) in [6.07, 6.45) is 1.84. The average Bonchev–Trinajstić information content (AvgIpc) is 3.05. The Morgan fingerprint density at radius 3 is 2.48 bits per heavy atom. The smallest absolute Gasteiger partial charge is 0.237 e. The van der Waals surface area contributed by atoms with Gasteiger partial charge in [0.1, 0.15) is 6.04 Å². The lowest BCUT2D eigenvalue weighted by atomic mass is 9.98. The number of aliphatic hydroxyl groups is 1. The zero-order valence-corrected chi connectivity index (χ0v) is 15.4. The van der Waals surface area contributed by atoms with Crippen molar-refractivity contribution < 1.29 is 9.90 Å². The van der Waals surface area contributed by atoms with Gasteiger partial charge < -0.3 is 16.2 Å². The Bertz CT molecular complexity index is 656. The topological polar surface area (TPSA) is 75.3 Å². The van der Waals surface area contributed by atoms with Gasteiger partial charge in [0.2, 0.25) is 5.91 Å². The standard InChI is InChI=1S/C17H24N2O2S2/c1-11-6-8-13(22-11)14-9-7-12(23-14)5-4-10-19-15(16(18)20)17(2,3)21/h6-9,15,19,21H,4-5,10H2,1-3H3,(H2,18,20)/t15-/m1/s1. The molecule has 0 unspecified atom stereocenters. The fourth-order valence-electron chi connectivity index (χ4n) is 2.42. The van der Waals surface area contributed by atoms with Crippen molar-refractivity contribution in [2.24, 2.45) is 5.73 Å². The minimum Gasteiger partial charge on any atom is -0.388 e. The number of carbonyl (C=O) groups excluding carboxylic acids is 1. The monoisotopic (exact) mass is 352 g/mol. The molecule has 0 saturated heterocycles. The van der Waals surface area contributed by atoms with Crippen molar-refractivity contribution in [1.29, 1.82) is 0 Å². The van der Waals surface area contributed by atoms with Crippen LogP contribution in [-0.4, -0.2) is 29.2 Å². The highest BCUT2D eigenvalue weighted by Gasteiger charge is 2.30. The van der Waals surface area contributed by atoms with E-state index in [-0.39, 0.29) is 0 Å². The molecular weight excluding hydrogens is 328 g/mol. The van der Waals surface area contributed by atoms with Gasteiger partial charge in [-0.25, -0.2) is 0 Å². The van der Waals surface area contributed by atoms with Crippen LogP contribution in [0.2, 0.25) is 0 Å². The van der Waals surface area contributed by atoms with Crippen LogP contribution < -0.4 is 11.1 Å². The van der Waals surface area contributed by atoms with Gasteiger partial charge in [0.25, 0.3) is 0 Å². The largest absolute Gasteiger partial charge is 0.388 e. The van der Waals surface area contributed by atoms with Crippen LogP contribution in [0.4, 0.5) is 0 Å². The quantitative estimate of drug-likeness (QED) is 0.639. The fourth-order valence-corrected chi connectivity index (χ4v) is 4.43. The van der Waals surface area contributed by atoms with Crippen LogP contribution in [0.1, 0.15) is 30.0 Å². The summed E-state index contributed by atoms with van der Waals surface area (Å²) in [5.74, 6) is -0.524. The lowest BCUT2D eigenvalue weighted by Gasteiger charge is -2.27. The Labute approximate surface area is 145 Å². The molecule has 2 aromatic rings. The maximum atomic E-state index is 11.4. The van der Waals surface area contributed by atoms with Crippen LogP contribution in [0.15, 0.2) is 24.3 Å². The predicted octanol–water partition coefficient (Wildman–Crippen LogP) is 2.93. The SMILES string of the molecule is Cc1ccc(-c2ccc(CCCN[C@H](C(N)=O)C(C)(C)O)s2)s1. The van der Waals surface area contributed by atoms with E-state index in [0.29, 0.717) is 6.54 Å². The average molecular weight is 353 g/mol. The first-order valence-corrected chi connectivity index (χ1v) is 9.31. The van der Waals surface area contributed by atoms with Crippen molar-refractivity contribution >= 4 is 28.6 Å². The van der Waals surface area contributed by atoms with E-state index in [2.05, 4.69) is 36.5 Å². The summed E-state index contributed by atoms with van der Waals surface area (Å²) in [6.45, 7) is 5.93. The normalized spacial score (nSPS) is 13.2. The van der Waals surface area contributed by atoms with E-state index in [1.165, 1.54) is 19.5 Å². The van der Waals surface area contributed by atoms with E-state index in [1.54, 1.807) is 13.8 Å². The molecule has 0 aromatic carbocycles. The molecule has 4 nitrogen and oxygen atoms in total. The van der Waals surface area contributed by atoms with Crippen LogP contribution in [0.25, 0.3) is 9.75 Å². The predicted molar refractivity (Wildman–Crippen MR) is 98.0 cm³/mol. The van der Waals surface area contributed by atoms with Crippen molar-refractivity contribution in [3.05, 3.63) is 34.0 Å². The second kappa shape index (κ2) is 7.57. The van der Waals surface area contributed by atoms with E-state index >= 15 is 0 Å². The molecule has 1 amide bonds. The molecule has 126 valence electrons. The summed E-state index contributed by atoms with van der Waals surface area (Å²) in [6, 6.07) is 7.91. The number of rotatable bonds is 8. The summed E-state index contributed by atoms with van der Waals surface area (Å²) >= 11 is 3.62. The lowest BCUT2D eigenvalue weighted by molar-refractivity contribution is -0.125. The van der Waals surface area contributed by atoms with Gasteiger partial charge in [0.05, 0.1) is 5.60 Å². The van der Waals surface area contributed by atoms with Crippen LogP contribution in [-0.2, 0) is 11.2 Å². The number of thiophene rings is 2. The second-order valence-corrected chi connectivity index (χ2v) is 8.68. The number of amides is 1. The Hall–Kier alpha value is -1.21. The molecule has 1 atom stereocenters. The van der Waals surface area contributed by atoms with E-state index in [9.17, 15) is 9.90 Å². The zero-order chi connectivity index (χ0) is 17.0. The molecular formula is C17H24N2O2S2. The third-order valence-corrected chi connectivity index (χ3v) is 5.93. The number of nitrogens with one attached hydrogen (secondary N) is 1. The van der Waals surface area contributed by atoms with Crippen molar-refractivity contribution in [3.63, 3.8) is 0 Å². The van der Waals surface area contributed by atoms with E-state index in [4.69, 9.17) is 5.73 Å². The first kappa shape index (κ1) is 18.1. The summed E-state index contributed by atoms with van der Waals surface area (Å²) in [4.78, 5) is 16.6. The van der Waals surface area contributed by atoms with Gasteiger partial charge in [-0.1, -0.05) is 0 Å². The van der Waals surface area contributed by atoms with Crippen molar-refractivity contribution in [2.75, 3.05) is 6.54 Å². The Balaban J connectivity index is 1.83. The number of nitrogens with two attached hydrogens (primary N) is 1. The van der Waals surface area contributed by atoms with Crippen molar-refractivity contribution in [3.8, 4) is 9.75 Å². The number of hydrogen-bond acceptors (Lipinski definition) is 5. The highest BCUT2D eigenvalue weighted by Crippen LogP contribution is 2.33. The minimum atomic E-state index is -1.15. The number of carbonyl (C=O) groups is 1. The minimum absolute atomic E-state index is 0.524. The molecule has 0 aliphatic rings. The third-order valence-electron chi connectivity index (χ3n) is 3.58. The molecule has 23 heavy (non-hydrogen) atoms. The van der Waals surface area contributed by atoms with Gasteiger partial charge >= 0.3 is 0 Å². The molecule has 6 heteroatoms. The molecule has 2 aromatic heterocycles. The van der Waals surface area contributed by atoms with E-state index in [0.717, 1.165) is 12.8 Å². The van der Waals surface area contributed by atoms with Gasteiger partial charge in [0, 0.05) is 19.5 Å². The highest BCUT2D eigenvalue weighted by atomic mass is 32.1. The highest BCUT2D eigenvalue weighted by molar-refractivity contribution is 7.22. The van der Waals surface area contributed by atoms with Gasteiger partial charge in [0.15, 0.2) is 0 Å².